The highest BCUT2D eigenvalue weighted by Gasteiger charge is 2.12. The molecule has 0 saturated carbocycles. The van der Waals surface area contributed by atoms with Crippen LogP contribution in [0, 0.1) is 11.3 Å². The maximum Gasteiger partial charge on any atom is 0.199 e. The van der Waals surface area contributed by atoms with Crippen molar-refractivity contribution in [3.8, 4) is 6.07 Å². The zero-order valence-electron chi connectivity index (χ0n) is 7.42. The van der Waals surface area contributed by atoms with E-state index in [0.29, 0.717) is 5.88 Å². The maximum absolute atomic E-state index is 8.47. The number of hydrogen-bond acceptors (Lipinski definition) is 3. The van der Waals surface area contributed by atoms with Gasteiger partial charge >= 0.3 is 0 Å². The minimum absolute atomic E-state index is 0.706. The number of likely N-dealkylation sites (tertiary alicyclic amines) is 1. The number of ether oxygens (including phenoxy) is 1. The molecule has 0 aromatic carbocycles. The van der Waals surface area contributed by atoms with Gasteiger partial charge in [0.05, 0.1) is 19.3 Å². The van der Waals surface area contributed by atoms with Crippen LogP contribution >= 0.6 is 0 Å². The second-order valence-electron chi connectivity index (χ2n) is 2.86. The van der Waals surface area contributed by atoms with Gasteiger partial charge < -0.3 is 9.64 Å². The van der Waals surface area contributed by atoms with Gasteiger partial charge in [-0.1, -0.05) is 0 Å². The normalized spacial score (nSPS) is 18.7. The standard InChI is InChI=1S/C9H14N2O/c1-12-9(5-6-10)11-7-3-2-4-8-11/h5H,2-4,7-8H2,1H3/b9-5+. The molecule has 1 saturated heterocycles. The van der Waals surface area contributed by atoms with Crippen molar-refractivity contribution in [1.82, 2.24) is 4.90 Å². The first-order valence-electron chi connectivity index (χ1n) is 4.27. The van der Waals surface area contributed by atoms with Crippen molar-refractivity contribution in [2.75, 3.05) is 20.2 Å². The Kier molecular flexibility index (Phi) is 3.46. The molecule has 1 heterocycles. The fourth-order valence-electron chi connectivity index (χ4n) is 1.45. The predicted molar refractivity (Wildman–Crippen MR) is 46.1 cm³/mol. The van der Waals surface area contributed by atoms with E-state index in [0.717, 1.165) is 13.1 Å². The van der Waals surface area contributed by atoms with E-state index >= 15 is 0 Å². The quantitative estimate of drug-likeness (QED) is 0.460. The summed E-state index contributed by atoms with van der Waals surface area (Å²) in [5.41, 5.74) is 0. The number of hydrogen-bond donors (Lipinski definition) is 0. The molecule has 0 amide bonds. The Morgan fingerprint density at radius 1 is 1.42 bits per heavy atom. The summed E-state index contributed by atoms with van der Waals surface area (Å²) < 4.78 is 5.09. The van der Waals surface area contributed by atoms with Crippen molar-refractivity contribution >= 4 is 0 Å². The number of rotatable bonds is 2. The van der Waals surface area contributed by atoms with Crippen LogP contribution in [0.3, 0.4) is 0 Å². The molecule has 0 atom stereocenters. The summed E-state index contributed by atoms with van der Waals surface area (Å²) in [6, 6.07) is 1.99. The molecule has 1 fully saturated rings. The molecule has 1 aliphatic heterocycles. The van der Waals surface area contributed by atoms with Crippen LogP contribution in [0.4, 0.5) is 0 Å². The minimum atomic E-state index is 0.706. The third kappa shape index (κ3) is 2.16. The average Bonchev–Trinajstić information content (AvgIpc) is 2.15. The number of methoxy groups -OCH3 is 1. The van der Waals surface area contributed by atoms with Gasteiger partial charge in [0.15, 0.2) is 5.88 Å². The second kappa shape index (κ2) is 4.66. The zero-order chi connectivity index (χ0) is 8.81. The van der Waals surface area contributed by atoms with Gasteiger partial charge in [-0.05, 0) is 19.3 Å². The molecule has 0 aliphatic carbocycles. The molecular weight excluding hydrogens is 152 g/mol. The molecule has 3 heteroatoms. The highest BCUT2D eigenvalue weighted by Crippen LogP contribution is 2.14. The lowest BCUT2D eigenvalue weighted by Crippen LogP contribution is -2.29. The monoisotopic (exact) mass is 166 g/mol. The fourth-order valence-corrected chi connectivity index (χ4v) is 1.45. The Labute approximate surface area is 73.2 Å². The highest BCUT2D eigenvalue weighted by molar-refractivity contribution is 5.07. The average molecular weight is 166 g/mol. The van der Waals surface area contributed by atoms with Crippen LogP contribution in [0.15, 0.2) is 12.0 Å². The summed E-state index contributed by atoms with van der Waals surface area (Å²) in [5.74, 6) is 0.706. The largest absolute Gasteiger partial charge is 0.482 e. The van der Waals surface area contributed by atoms with E-state index in [-0.39, 0.29) is 0 Å². The SMILES string of the molecule is CO/C(=C/C#N)N1CCCCC1. The summed E-state index contributed by atoms with van der Waals surface area (Å²) >= 11 is 0. The Hall–Kier alpha value is -1.17. The lowest BCUT2D eigenvalue weighted by Gasteiger charge is -2.28. The maximum atomic E-state index is 8.47. The molecule has 0 aromatic heterocycles. The van der Waals surface area contributed by atoms with Crippen LogP contribution in [0.25, 0.3) is 0 Å². The number of nitrogens with zero attached hydrogens (tertiary/aromatic N) is 2. The van der Waals surface area contributed by atoms with E-state index in [2.05, 4.69) is 4.90 Å². The van der Waals surface area contributed by atoms with Crippen molar-refractivity contribution in [3.63, 3.8) is 0 Å². The number of nitriles is 1. The van der Waals surface area contributed by atoms with Crippen LogP contribution in [-0.2, 0) is 4.74 Å². The Balaban J connectivity index is 2.53. The van der Waals surface area contributed by atoms with Gasteiger partial charge in [-0.15, -0.1) is 0 Å². The highest BCUT2D eigenvalue weighted by atomic mass is 16.5. The van der Waals surface area contributed by atoms with Gasteiger partial charge in [0, 0.05) is 13.1 Å². The van der Waals surface area contributed by atoms with E-state index in [1.807, 2.05) is 6.07 Å². The number of piperidine rings is 1. The van der Waals surface area contributed by atoms with E-state index in [1.165, 1.54) is 25.3 Å². The smallest absolute Gasteiger partial charge is 0.199 e. The van der Waals surface area contributed by atoms with E-state index in [1.54, 1.807) is 7.11 Å². The molecule has 0 radical (unpaired) electrons. The lowest BCUT2D eigenvalue weighted by molar-refractivity contribution is 0.135. The molecule has 0 N–H and O–H groups in total. The van der Waals surface area contributed by atoms with Crippen LogP contribution in [-0.4, -0.2) is 25.1 Å². The van der Waals surface area contributed by atoms with Gasteiger partial charge in [-0.2, -0.15) is 5.26 Å². The van der Waals surface area contributed by atoms with Gasteiger partial charge in [0.2, 0.25) is 0 Å². The molecule has 1 aliphatic rings. The number of allylic oxidation sites excluding steroid dienone is 1. The van der Waals surface area contributed by atoms with Gasteiger partial charge in [0.1, 0.15) is 0 Å². The molecule has 3 nitrogen and oxygen atoms in total. The summed E-state index contributed by atoms with van der Waals surface area (Å²) in [4.78, 5) is 2.12. The van der Waals surface area contributed by atoms with Crippen LogP contribution < -0.4 is 0 Å². The third-order valence-corrected chi connectivity index (χ3v) is 2.06. The Morgan fingerprint density at radius 2 is 2.08 bits per heavy atom. The summed E-state index contributed by atoms with van der Waals surface area (Å²) in [6.07, 6.45) is 5.16. The van der Waals surface area contributed by atoms with Crippen molar-refractivity contribution < 1.29 is 4.74 Å². The molecule has 1 rings (SSSR count). The summed E-state index contributed by atoms with van der Waals surface area (Å²) in [5, 5.41) is 8.47. The van der Waals surface area contributed by atoms with E-state index < -0.39 is 0 Å². The summed E-state index contributed by atoms with van der Waals surface area (Å²) in [7, 11) is 1.61. The first kappa shape index (κ1) is 8.92. The van der Waals surface area contributed by atoms with Crippen LogP contribution in [0.1, 0.15) is 19.3 Å². The van der Waals surface area contributed by atoms with Gasteiger partial charge in [-0.3, -0.25) is 0 Å². The zero-order valence-corrected chi connectivity index (χ0v) is 7.42. The molecular formula is C9H14N2O. The van der Waals surface area contributed by atoms with Crippen LogP contribution in [0.5, 0.6) is 0 Å². The third-order valence-electron chi connectivity index (χ3n) is 2.06. The van der Waals surface area contributed by atoms with E-state index in [9.17, 15) is 0 Å². The van der Waals surface area contributed by atoms with Crippen molar-refractivity contribution in [1.29, 1.82) is 5.26 Å². The molecule has 0 bridgehead atoms. The lowest BCUT2D eigenvalue weighted by atomic mass is 10.1. The topological polar surface area (TPSA) is 36.3 Å². The first-order valence-corrected chi connectivity index (χ1v) is 4.27. The van der Waals surface area contributed by atoms with Crippen LogP contribution in [0.2, 0.25) is 0 Å². The fraction of sp³-hybridized carbons (Fsp3) is 0.667. The van der Waals surface area contributed by atoms with Gasteiger partial charge in [-0.25, -0.2) is 0 Å². The molecule has 12 heavy (non-hydrogen) atoms. The first-order chi connectivity index (χ1) is 5.88. The van der Waals surface area contributed by atoms with Crippen molar-refractivity contribution in [2.45, 2.75) is 19.3 Å². The Bertz CT molecular complexity index is 199. The molecule has 0 unspecified atom stereocenters. The summed E-state index contributed by atoms with van der Waals surface area (Å²) in [6.45, 7) is 2.03. The molecule has 66 valence electrons. The van der Waals surface area contributed by atoms with E-state index in [4.69, 9.17) is 10.00 Å². The Morgan fingerprint density at radius 3 is 2.58 bits per heavy atom. The van der Waals surface area contributed by atoms with Gasteiger partial charge in [0.25, 0.3) is 0 Å². The molecule has 0 spiro atoms. The minimum Gasteiger partial charge on any atom is -0.482 e. The second-order valence-corrected chi connectivity index (χ2v) is 2.86. The molecule has 0 aromatic rings. The van der Waals surface area contributed by atoms with Crippen molar-refractivity contribution in [3.05, 3.63) is 12.0 Å². The van der Waals surface area contributed by atoms with Crippen molar-refractivity contribution in [2.24, 2.45) is 0 Å². The predicted octanol–water partition coefficient (Wildman–Crippen LogP) is 1.48.